The predicted molar refractivity (Wildman–Crippen MR) is 103 cm³/mol. The lowest BCUT2D eigenvalue weighted by Gasteiger charge is -2.38. The number of tetrazole rings is 1. The van der Waals surface area contributed by atoms with Gasteiger partial charge in [0.1, 0.15) is 6.04 Å². The molecule has 1 aromatic carbocycles. The zero-order valence-corrected chi connectivity index (χ0v) is 17.1. The SMILES string of the molecule is COc1cccc([C@H](c2nnnn2C(C)(C)C)N2CCN(C)CC2)c1OC. The molecule has 0 aliphatic carbocycles. The Morgan fingerprint density at radius 1 is 1.04 bits per heavy atom. The number of ether oxygens (including phenoxy) is 2. The number of aromatic nitrogens is 4. The molecule has 0 radical (unpaired) electrons. The topological polar surface area (TPSA) is 68.5 Å². The molecule has 8 nitrogen and oxygen atoms in total. The fourth-order valence-corrected chi connectivity index (χ4v) is 3.55. The Labute approximate surface area is 161 Å². The first-order valence-electron chi connectivity index (χ1n) is 9.29. The lowest BCUT2D eigenvalue weighted by molar-refractivity contribution is 0.117. The van der Waals surface area contributed by atoms with Gasteiger partial charge in [-0.05, 0) is 44.3 Å². The van der Waals surface area contributed by atoms with E-state index in [4.69, 9.17) is 9.47 Å². The van der Waals surface area contributed by atoms with E-state index >= 15 is 0 Å². The number of hydrogen-bond acceptors (Lipinski definition) is 7. The molecule has 27 heavy (non-hydrogen) atoms. The van der Waals surface area contributed by atoms with E-state index in [2.05, 4.69) is 59.2 Å². The highest BCUT2D eigenvalue weighted by Crippen LogP contribution is 2.40. The number of methoxy groups -OCH3 is 2. The summed E-state index contributed by atoms with van der Waals surface area (Å²) in [5, 5.41) is 12.7. The number of likely N-dealkylation sites (N-methyl/N-ethyl adjacent to an activating group) is 1. The quantitative estimate of drug-likeness (QED) is 0.790. The van der Waals surface area contributed by atoms with Crippen molar-refractivity contribution < 1.29 is 9.47 Å². The molecule has 3 rings (SSSR count). The minimum atomic E-state index is -0.226. The highest BCUT2D eigenvalue weighted by Gasteiger charge is 2.35. The van der Waals surface area contributed by atoms with Crippen molar-refractivity contribution in [3.63, 3.8) is 0 Å². The Hall–Kier alpha value is -2.19. The molecule has 0 bridgehead atoms. The van der Waals surface area contributed by atoms with Crippen molar-refractivity contribution in [1.82, 2.24) is 30.0 Å². The number of piperazine rings is 1. The Morgan fingerprint density at radius 2 is 1.74 bits per heavy atom. The van der Waals surface area contributed by atoms with Gasteiger partial charge in [0.2, 0.25) is 0 Å². The van der Waals surface area contributed by atoms with Gasteiger partial charge in [-0.3, -0.25) is 4.90 Å². The lowest BCUT2D eigenvalue weighted by Crippen LogP contribution is -2.47. The molecule has 148 valence electrons. The van der Waals surface area contributed by atoms with Crippen LogP contribution in [0.3, 0.4) is 0 Å². The van der Waals surface area contributed by atoms with Gasteiger partial charge in [0, 0.05) is 31.7 Å². The minimum absolute atomic E-state index is 0.113. The molecule has 1 aromatic heterocycles. The van der Waals surface area contributed by atoms with Crippen LogP contribution in [-0.2, 0) is 5.54 Å². The summed E-state index contributed by atoms with van der Waals surface area (Å²) in [4.78, 5) is 4.76. The van der Waals surface area contributed by atoms with Crippen LogP contribution in [-0.4, -0.2) is 77.5 Å². The molecule has 1 saturated heterocycles. The summed E-state index contributed by atoms with van der Waals surface area (Å²) in [7, 11) is 5.48. The molecule has 1 fully saturated rings. The van der Waals surface area contributed by atoms with Crippen LogP contribution in [0.15, 0.2) is 18.2 Å². The third-order valence-electron chi connectivity index (χ3n) is 5.00. The zero-order chi connectivity index (χ0) is 19.6. The summed E-state index contributed by atoms with van der Waals surface area (Å²) in [5.74, 6) is 2.26. The van der Waals surface area contributed by atoms with Crippen molar-refractivity contribution in [3.05, 3.63) is 29.6 Å². The van der Waals surface area contributed by atoms with E-state index < -0.39 is 0 Å². The molecule has 0 amide bonds. The van der Waals surface area contributed by atoms with Crippen molar-refractivity contribution in [2.24, 2.45) is 0 Å². The Morgan fingerprint density at radius 3 is 2.33 bits per heavy atom. The average Bonchev–Trinajstić information content (AvgIpc) is 3.13. The molecule has 0 N–H and O–H groups in total. The zero-order valence-electron chi connectivity index (χ0n) is 17.1. The van der Waals surface area contributed by atoms with Crippen molar-refractivity contribution in [1.29, 1.82) is 0 Å². The largest absolute Gasteiger partial charge is 0.493 e. The second-order valence-electron chi connectivity index (χ2n) is 7.94. The van der Waals surface area contributed by atoms with Crippen molar-refractivity contribution >= 4 is 0 Å². The molecule has 8 heteroatoms. The highest BCUT2D eigenvalue weighted by atomic mass is 16.5. The standard InChI is InChI=1S/C19H30N6O2/c1-19(2,3)25-18(20-21-22-25)16(24-12-10-23(4)11-13-24)14-8-7-9-15(26-5)17(14)27-6/h7-9,16H,10-13H2,1-6H3/t16-/m1/s1. The average molecular weight is 374 g/mol. The summed E-state index contributed by atoms with van der Waals surface area (Å²) in [6, 6.07) is 5.87. The number of nitrogens with zero attached hydrogens (tertiary/aromatic N) is 6. The number of rotatable bonds is 5. The van der Waals surface area contributed by atoms with Crippen LogP contribution in [0.4, 0.5) is 0 Å². The van der Waals surface area contributed by atoms with E-state index in [9.17, 15) is 0 Å². The van der Waals surface area contributed by atoms with Crippen LogP contribution < -0.4 is 9.47 Å². The molecule has 0 unspecified atom stereocenters. The van der Waals surface area contributed by atoms with E-state index in [1.165, 1.54) is 0 Å². The van der Waals surface area contributed by atoms with E-state index in [1.54, 1.807) is 14.2 Å². The maximum atomic E-state index is 5.74. The van der Waals surface area contributed by atoms with Crippen LogP contribution >= 0.6 is 0 Å². The van der Waals surface area contributed by atoms with Gasteiger partial charge in [-0.25, -0.2) is 4.68 Å². The minimum Gasteiger partial charge on any atom is -0.493 e. The van der Waals surface area contributed by atoms with Gasteiger partial charge in [-0.1, -0.05) is 12.1 Å². The van der Waals surface area contributed by atoms with Gasteiger partial charge in [0.05, 0.1) is 19.8 Å². The first-order chi connectivity index (χ1) is 12.9. The van der Waals surface area contributed by atoms with Gasteiger partial charge in [-0.15, -0.1) is 5.10 Å². The van der Waals surface area contributed by atoms with E-state index in [0.29, 0.717) is 5.75 Å². The fraction of sp³-hybridized carbons (Fsp3) is 0.632. The summed E-state index contributed by atoms with van der Waals surface area (Å²) >= 11 is 0. The first-order valence-corrected chi connectivity index (χ1v) is 9.29. The predicted octanol–water partition coefficient (Wildman–Crippen LogP) is 1.78. The summed E-state index contributed by atoms with van der Waals surface area (Å²) in [5.41, 5.74) is 0.789. The molecule has 2 aromatic rings. The van der Waals surface area contributed by atoms with E-state index in [0.717, 1.165) is 43.3 Å². The van der Waals surface area contributed by atoms with Crippen molar-refractivity contribution in [2.45, 2.75) is 32.4 Å². The number of para-hydroxylation sites is 1. The first kappa shape index (κ1) is 19.6. The smallest absolute Gasteiger partial charge is 0.173 e. The molecular weight excluding hydrogens is 344 g/mol. The lowest BCUT2D eigenvalue weighted by atomic mass is 10.00. The van der Waals surface area contributed by atoms with Crippen LogP contribution in [0.25, 0.3) is 0 Å². The van der Waals surface area contributed by atoms with Crippen LogP contribution in [0.5, 0.6) is 11.5 Å². The third-order valence-corrected chi connectivity index (χ3v) is 5.00. The molecule has 1 atom stereocenters. The number of hydrogen-bond donors (Lipinski definition) is 0. The Balaban J connectivity index is 2.14. The maximum absolute atomic E-state index is 5.74. The van der Waals surface area contributed by atoms with Gasteiger partial charge < -0.3 is 14.4 Å². The van der Waals surface area contributed by atoms with Crippen molar-refractivity contribution in [2.75, 3.05) is 47.4 Å². The molecule has 1 aliphatic heterocycles. The summed E-state index contributed by atoms with van der Waals surface area (Å²) < 4.78 is 13.2. The third kappa shape index (κ3) is 3.91. The second-order valence-corrected chi connectivity index (χ2v) is 7.94. The van der Waals surface area contributed by atoms with Gasteiger partial charge >= 0.3 is 0 Å². The molecule has 2 heterocycles. The van der Waals surface area contributed by atoms with Crippen LogP contribution in [0.1, 0.15) is 38.2 Å². The highest BCUT2D eigenvalue weighted by molar-refractivity contribution is 5.49. The second kappa shape index (κ2) is 7.82. The molecular formula is C19H30N6O2. The fourth-order valence-electron chi connectivity index (χ4n) is 3.55. The number of benzene rings is 1. The summed E-state index contributed by atoms with van der Waals surface area (Å²) in [6.07, 6.45) is 0. The van der Waals surface area contributed by atoms with Gasteiger partial charge in [-0.2, -0.15) is 0 Å². The molecule has 0 spiro atoms. The maximum Gasteiger partial charge on any atom is 0.173 e. The Bertz CT molecular complexity index is 762. The monoisotopic (exact) mass is 374 g/mol. The molecule has 1 aliphatic rings. The van der Waals surface area contributed by atoms with Crippen molar-refractivity contribution in [3.8, 4) is 11.5 Å². The Kier molecular flexibility index (Phi) is 5.67. The summed E-state index contributed by atoms with van der Waals surface area (Å²) in [6.45, 7) is 10.2. The van der Waals surface area contributed by atoms with Gasteiger partial charge in [0.15, 0.2) is 17.3 Å². The van der Waals surface area contributed by atoms with E-state index in [1.807, 2.05) is 16.8 Å². The van der Waals surface area contributed by atoms with E-state index in [-0.39, 0.29) is 11.6 Å². The van der Waals surface area contributed by atoms with Crippen LogP contribution in [0.2, 0.25) is 0 Å². The molecule has 0 saturated carbocycles. The van der Waals surface area contributed by atoms with Crippen LogP contribution in [0, 0.1) is 0 Å². The normalized spacial score (nSPS) is 17.7. The van der Waals surface area contributed by atoms with Gasteiger partial charge in [0.25, 0.3) is 0 Å².